The monoisotopic (exact) mass is 287 g/mol. The summed E-state index contributed by atoms with van der Waals surface area (Å²) in [5, 5.41) is 2.07. The highest BCUT2D eigenvalue weighted by Gasteiger charge is 2.13. The van der Waals surface area contributed by atoms with Crippen LogP contribution < -0.4 is 10.5 Å². The second-order valence-electron chi connectivity index (χ2n) is 4.93. The average molecular weight is 287 g/mol. The van der Waals surface area contributed by atoms with Gasteiger partial charge in [0.2, 0.25) is 5.95 Å². The van der Waals surface area contributed by atoms with Crippen LogP contribution in [0.2, 0.25) is 0 Å². The molecule has 3 rings (SSSR count). The van der Waals surface area contributed by atoms with Crippen molar-refractivity contribution in [2.75, 3.05) is 5.73 Å². The van der Waals surface area contributed by atoms with E-state index in [0.717, 1.165) is 23.3 Å². The Labute approximate surface area is 121 Å². The molecule has 0 aliphatic rings. The van der Waals surface area contributed by atoms with Crippen LogP contribution >= 0.6 is 11.3 Å². The molecule has 0 bridgehead atoms. The minimum Gasteiger partial charge on any atom is -0.489 e. The van der Waals surface area contributed by atoms with Crippen molar-refractivity contribution in [2.24, 2.45) is 0 Å². The highest BCUT2D eigenvalue weighted by Crippen LogP contribution is 2.28. The summed E-state index contributed by atoms with van der Waals surface area (Å²) in [5.74, 6) is 1.31. The molecule has 2 N–H and O–H groups in total. The molecule has 2 heterocycles. The van der Waals surface area contributed by atoms with Crippen LogP contribution in [0.25, 0.3) is 11.0 Å². The summed E-state index contributed by atoms with van der Waals surface area (Å²) in [7, 11) is 0. The fourth-order valence-corrected chi connectivity index (χ4v) is 2.91. The third-order valence-corrected chi connectivity index (χ3v) is 3.89. The van der Waals surface area contributed by atoms with E-state index in [2.05, 4.69) is 16.4 Å². The van der Waals surface area contributed by atoms with Gasteiger partial charge >= 0.3 is 0 Å². The van der Waals surface area contributed by atoms with Crippen LogP contribution in [0.5, 0.6) is 5.75 Å². The lowest BCUT2D eigenvalue weighted by Crippen LogP contribution is -2.06. The zero-order chi connectivity index (χ0) is 14.1. The molecule has 0 aliphatic heterocycles. The standard InChI is InChI=1S/C15H17N3OS/c1-10(2)19-13-7-3-6-12-14(13)17-15(16)18(12)9-11-5-4-8-20-11/h3-8,10H,9H2,1-2H3,(H2,16,17). The van der Waals surface area contributed by atoms with E-state index < -0.39 is 0 Å². The Bertz CT molecular complexity index is 716. The van der Waals surface area contributed by atoms with Crippen LogP contribution in [-0.4, -0.2) is 15.7 Å². The minimum absolute atomic E-state index is 0.115. The fraction of sp³-hybridized carbons (Fsp3) is 0.267. The summed E-state index contributed by atoms with van der Waals surface area (Å²) >= 11 is 1.72. The molecule has 0 fully saturated rings. The lowest BCUT2D eigenvalue weighted by Gasteiger charge is -2.10. The number of anilines is 1. The van der Waals surface area contributed by atoms with Crippen molar-refractivity contribution in [1.29, 1.82) is 0 Å². The van der Waals surface area contributed by atoms with Gasteiger partial charge < -0.3 is 15.0 Å². The highest BCUT2D eigenvalue weighted by molar-refractivity contribution is 7.09. The van der Waals surface area contributed by atoms with Crippen LogP contribution in [0.4, 0.5) is 5.95 Å². The third kappa shape index (κ3) is 2.36. The Balaban J connectivity index is 2.07. The summed E-state index contributed by atoms with van der Waals surface area (Å²) < 4.78 is 7.82. The largest absolute Gasteiger partial charge is 0.489 e. The Morgan fingerprint density at radius 1 is 1.30 bits per heavy atom. The lowest BCUT2D eigenvalue weighted by molar-refractivity contribution is 0.245. The summed E-state index contributed by atoms with van der Waals surface area (Å²) in [6, 6.07) is 10.1. The number of nitrogens with zero attached hydrogens (tertiary/aromatic N) is 2. The molecular formula is C15H17N3OS. The number of thiophene rings is 1. The molecule has 0 unspecified atom stereocenters. The van der Waals surface area contributed by atoms with E-state index in [0.29, 0.717) is 5.95 Å². The predicted octanol–water partition coefficient (Wildman–Crippen LogP) is 3.52. The molecule has 0 saturated carbocycles. The van der Waals surface area contributed by atoms with E-state index in [-0.39, 0.29) is 6.10 Å². The van der Waals surface area contributed by atoms with Crippen molar-refractivity contribution in [3.05, 3.63) is 40.6 Å². The maximum Gasteiger partial charge on any atom is 0.201 e. The van der Waals surface area contributed by atoms with Gasteiger partial charge in [-0.15, -0.1) is 11.3 Å². The first-order chi connectivity index (χ1) is 9.65. The minimum atomic E-state index is 0.115. The SMILES string of the molecule is CC(C)Oc1cccc2c1nc(N)n2Cc1cccs1. The zero-order valence-electron chi connectivity index (χ0n) is 11.5. The van der Waals surface area contributed by atoms with Gasteiger partial charge in [0, 0.05) is 4.88 Å². The third-order valence-electron chi connectivity index (χ3n) is 3.03. The van der Waals surface area contributed by atoms with Gasteiger partial charge in [-0.05, 0) is 37.4 Å². The Kier molecular flexibility index (Phi) is 3.36. The molecule has 5 heteroatoms. The maximum atomic E-state index is 6.07. The summed E-state index contributed by atoms with van der Waals surface area (Å²) in [5.41, 5.74) is 7.91. The Morgan fingerprint density at radius 2 is 2.15 bits per heavy atom. The van der Waals surface area contributed by atoms with Gasteiger partial charge in [0.25, 0.3) is 0 Å². The summed E-state index contributed by atoms with van der Waals surface area (Å²) in [6.07, 6.45) is 0.115. The summed E-state index contributed by atoms with van der Waals surface area (Å²) in [4.78, 5) is 5.72. The van der Waals surface area contributed by atoms with Crippen molar-refractivity contribution < 1.29 is 4.74 Å². The first-order valence-corrected chi connectivity index (χ1v) is 7.47. The van der Waals surface area contributed by atoms with Crippen molar-refractivity contribution in [3.8, 4) is 5.75 Å². The van der Waals surface area contributed by atoms with E-state index in [1.54, 1.807) is 11.3 Å². The van der Waals surface area contributed by atoms with Gasteiger partial charge in [0.15, 0.2) is 0 Å². The van der Waals surface area contributed by atoms with Crippen LogP contribution in [0.1, 0.15) is 18.7 Å². The van der Waals surface area contributed by atoms with Crippen molar-refractivity contribution in [3.63, 3.8) is 0 Å². The zero-order valence-corrected chi connectivity index (χ0v) is 12.4. The molecule has 0 amide bonds. The number of benzene rings is 1. The van der Waals surface area contributed by atoms with E-state index in [9.17, 15) is 0 Å². The van der Waals surface area contributed by atoms with Crippen LogP contribution in [0, 0.1) is 0 Å². The number of para-hydroxylation sites is 1. The molecule has 3 aromatic rings. The number of hydrogen-bond acceptors (Lipinski definition) is 4. The molecule has 104 valence electrons. The van der Waals surface area contributed by atoms with Crippen LogP contribution in [0.15, 0.2) is 35.7 Å². The van der Waals surface area contributed by atoms with Gasteiger partial charge in [-0.1, -0.05) is 12.1 Å². The van der Waals surface area contributed by atoms with Gasteiger partial charge in [0.1, 0.15) is 11.3 Å². The van der Waals surface area contributed by atoms with E-state index in [1.165, 1.54) is 4.88 Å². The van der Waals surface area contributed by atoms with Crippen LogP contribution in [-0.2, 0) is 6.54 Å². The molecule has 0 spiro atoms. The smallest absolute Gasteiger partial charge is 0.201 e. The topological polar surface area (TPSA) is 53.1 Å². The fourth-order valence-electron chi connectivity index (χ4n) is 2.21. The van der Waals surface area contributed by atoms with Crippen molar-refractivity contribution >= 4 is 28.3 Å². The van der Waals surface area contributed by atoms with Crippen LogP contribution in [0.3, 0.4) is 0 Å². The number of nitrogens with two attached hydrogens (primary N) is 1. The quantitative estimate of drug-likeness (QED) is 0.799. The number of imidazole rings is 1. The van der Waals surface area contributed by atoms with Crippen molar-refractivity contribution in [2.45, 2.75) is 26.5 Å². The predicted molar refractivity (Wildman–Crippen MR) is 83.3 cm³/mol. The van der Waals surface area contributed by atoms with Gasteiger partial charge in [-0.3, -0.25) is 0 Å². The number of fused-ring (bicyclic) bond motifs is 1. The normalized spacial score (nSPS) is 11.3. The van der Waals surface area contributed by atoms with Gasteiger partial charge in [-0.2, -0.15) is 0 Å². The first kappa shape index (κ1) is 13.0. The Hall–Kier alpha value is -2.01. The van der Waals surface area contributed by atoms with E-state index in [1.807, 2.05) is 42.7 Å². The van der Waals surface area contributed by atoms with E-state index in [4.69, 9.17) is 10.5 Å². The second kappa shape index (κ2) is 5.17. The molecule has 0 radical (unpaired) electrons. The highest BCUT2D eigenvalue weighted by atomic mass is 32.1. The molecule has 2 aromatic heterocycles. The molecule has 20 heavy (non-hydrogen) atoms. The number of hydrogen-bond donors (Lipinski definition) is 1. The molecule has 0 aliphatic carbocycles. The summed E-state index contributed by atoms with van der Waals surface area (Å²) in [6.45, 7) is 4.75. The van der Waals surface area contributed by atoms with Gasteiger partial charge in [0.05, 0.1) is 18.2 Å². The molecule has 4 nitrogen and oxygen atoms in total. The number of aromatic nitrogens is 2. The number of ether oxygens (including phenoxy) is 1. The lowest BCUT2D eigenvalue weighted by atomic mass is 10.3. The van der Waals surface area contributed by atoms with Crippen molar-refractivity contribution in [1.82, 2.24) is 9.55 Å². The molecule has 1 aromatic carbocycles. The number of rotatable bonds is 4. The second-order valence-corrected chi connectivity index (χ2v) is 5.96. The first-order valence-electron chi connectivity index (χ1n) is 6.59. The molecule has 0 saturated heterocycles. The number of nitrogen functional groups attached to an aromatic ring is 1. The molecular weight excluding hydrogens is 270 g/mol. The Morgan fingerprint density at radius 3 is 2.85 bits per heavy atom. The van der Waals surface area contributed by atoms with E-state index >= 15 is 0 Å². The van der Waals surface area contributed by atoms with Gasteiger partial charge in [-0.25, -0.2) is 4.98 Å². The average Bonchev–Trinajstić information content (AvgIpc) is 3.00. The maximum absolute atomic E-state index is 6.07. The molecule has 0 atom stereocenters.